The number of benzene rings is 1. The molecule has 11 heteroatoms. The lowest BCUT2D eigenvalue weighted by Gasteiger charge is -2.09. The lowest BCUT2D eigenvalue weighted by molar-refractivity contribution is 0.0945. The van der Waals surface area contributed by atoms with E-state index in [0.717, 1.165) is 0 Å². The number of sulfone groups is 2. The molecule has 0 unspecified atom stereocenters. The van der Waals surface area contributed by atoms with Gasteiger partial charge in [-0.25, -0.2) is 22.3 Å². The van der Waals surface area contributed by atoms with Crippen molar-refractivity contribution in [3.05, 3.63) is 59.4 Å². The molecule has 2 aromatic heterocycles. The number of hydrogen-bond donors (Lipinski definition) is 1. The lowest BCUT2D eigenvalue weighted by Crippen LogP contribution is -2.23. The van der Waals surface area contributed by atoms with Gasteiger partial charge >= 0.3 is 0 Å². The summed E-state index contributed by atoms with van der Waals surface area (Å²) in [5.41, 5.74) is 3.43. The van der Waals surface area contributed by atoms with Gasteiger partial charge in [-0.1, -0.05) is 32.0 Å². The van der Waals surface area contributed by atoms with Gasteiger partial charge in [0.2, 0.25) is 0 Å². The minimum absolute atomic E-state index is 0.178. The van der Waals surface area contributed by atoms with Crippen LogP contribution in [0.1, 0.15) is 48.3 Å². The predicted octanol–water partition coefficient (Wildman–Crippen LogP) is 3.39. The SMILES string of the molecule is CCCS(=O)(=O)c1c(S(=O)(=O)CCC)c2c(C)cccn2c1C(=O)N/N=C\c1cccc(OC)c1. The highest BCUT2D eigenvalue weighted by molar-refractivity contribution is 7.94. The lowest BCUT2D eigenvalue weighted by atomic mass is 10.2. The fourth-order valence-electron chi connectivity index (χ4n) is 3.89. The number of aryl methyl sites for hydroxylation is 1. The van der Waals surface area contributed by atoms with Gasteiger partial charge in [0.25, 0.3) is 5.91 Å². The third-order valence-electron chi connectivity index (χ3n) is 5.33. The number of pyridine rings is 1. The van der Waals surface area contributed by atoms with E-state index < -0.39 is 30.5 Å². The zero-order valence-corrected chi connectivity index (χ0v) is 21.7. The highest BCUT2D eigenvalue weighted by Crippen LogP contribution is 2.35. The van der Waals surface area contributed by atoms with E-state index in [2.05, 4.69) is 10.5 Å². The van der Waals surface area contributed by atoms with Crippen LogP contribution in [0.3, 0.4) is 0 Å². The van der Waals surface area contributed by atoms with Gasteiger partial charge in [0.15, 0.2) is 19.7 Å². The van der Waals surface area contributed by atoms with Crippen LogP contribution in [0.5, 0.6) is 5.75 Å². The largest absolute Gasteiger partial charge is 0.497 e. The second kappa shape index (κ2) is 10.6. The fourth-order valence-corrected chi connectivity index (χ4v) is 7.93. The van der Waals surface area contributed by atoms with E-state index in [1.165, 1.54) is 23.9 Å². The second-order valence-electron chi connectivity index (χ2n) is 8.03. The van der Waals surface area contributed by atoms with Crippen molar-refractivity contribution in [3.8, 4) is 5.75 Å². The standard InChI is InChI=1S/C24H29N3O6S2/c1-5-13-34(29,30)22-20-17(3)9-8-12-27(20)21(23(22)35(31,32)14-6-2)24(28)26-25-16-18-10-7-11-19(15-18)33-4/h7-12,15-16H,5-6,13-14H2,1-4H3,(H,26,28)/b25-16-. The Kier molecular flexibility index (Phi) is 8.01. The highest BCUT2D eigenvalue weighted by atomic mass is 32.2. The number of amides is 1. The van der Waals surface area contributed by atoms with Crippen molar-refractivity contribution < 1.29 is 26.4 Å². The number of aromatic nitrogens is 1. The third-order valence-corrected chi connectivity index (χ3v) is 9.39. The molecular formula is C24H29N3O6S2. The highest BCUT2D eigenvalue weighted by Gasteiger charge is 2.37. The van der Waals surface area contributed by atoms with Gasteiger partial charge in [0.1, 0.15) is 21.2 Å². The summed E-state index contributed by atoms with van der Waals surface area (Å²) in [6.07, 6.45) is 3.43. The van der Waals surface area contributed by atoms with Gasteiger partial charge in [0.05, 0.1) is 30.3 Å². The van der Waals surface area contributed by atoms with E-state index in [9.17, 15) is 21.6 Å². The first-order chi connectivity index (χ1) is 16.6. The Morgan fingerprint density at radius 1 is 1.03 bits per heavy atom. The summed E-state index contributed by atoms with van der Waals surface area (Å²) in [4.78, 5) is 12.5. The number of fused-ring (bicyclic) bond motifs is 1. The zero-order valence-electron chi connectivity index (χ0n) is 20.1. The number of hydrazone groups is 1. The molecule has 3 aromatic rings. The molecule has 0 fully saturated rings. The van der Waals surface area contributed by atoms with Crippen LogP contribution in [0.2, 0.25) is 0 Å². The Morgan fingerprint density at radius 3 is 2.31 bits per heavy atom. The smallest absolute Gasteiger partial charge is 0.289 e. The van der Waals surface area contributed by atoms with Gasteiger partial charge in [-0.05, 0) is 49.1 Å². The molecule has 0 aliphatic heterocycles. The van der Waals surface area contributed by atoms with Crippen LogP contribution in [-0.2, 0) is 19.7 Å². The van der Waals surface area contributed by atoms with Crippen molar-refractivity contribution in [1.29, 1.82) is 0 Å². The first kappa shape index (κ1) is 26.4. The van der Waals surface area contributed by atoms with Crippen molar-refractivity contribution in [3.63, 3.8) is 0 Å². The maximum absolute atomic E-state index is 13.4. The fraction of sp³-hybridized carbons (Fsp3) is 0.333. The third kappa shape index (κ3) is 5.40. The Hall–Kier alpha value is -3.18. The maximum Gasteiger partial charge on any atom is 0.289 e. The number of nitrogens with zero attached hydrogens (tertiary/aromatic N) is 2. The summed E-state index contributed by atoms with van der Waals surface area (Å²) < 4.78 is 59.9. The van der Waals surface area contributed by atoms with Gasteiger partial charge in [-0.2, -0.15) is 5.10 Å². The second-order valence-corrected chi connectivity index (χ2v) is 12.1. The van der Waals surface area contributed by atoms with E-state index in [0.29, 0.717) is 23.3 Å². The van der Waals surface area contributed by atoms with Gasteiger partial charge in [0, 0.05) is 6.20 Å². The Balaban J connectivity index is 2.23. The molecule has 0 atom stereocenters. The van der Waals surface area contributed by atoms with Crippen LogP contribution >= 0.6 is 0 Å². The number of carbonyl (C=O) groups is 1. The first-order valence-corrected chi connectivity index (χ1v) is 14.4. The molecule has 0 aliphatic carbocycles. The average Bonchev–Trinajstić information content (AvgIpc) is 3.18. The van der Waals surface area contributed by atoms with E-state index in [4.69, 9.17) is 4.74 Å². The summed E-state index contributed by atoms with van der Waals surface area (Å²) in [5.74, 6) is -0.778. The van der Waals surface area contributed by atoms with Gasteiger partial charge in [-0.3, -0.25) is 4.79 Å². The van der Waals surface area contributed by atoms with Crippen LogP contribution in [0.25, 0.3) is 5.52 Å². The number of rotatable bonds is 10. The Morgan fingerprint density at radius 2 is 1.69 bits per heavy atom. The summed E-state index contributed by atoms with van der Waals surface area (Å²) in [6, 6.07) is 10.3. The molecular weight excluding hydrogens is 490 g/mol. The number of carbonyl (C=O) groups excluding carboxylic acids is 1. The van der Waals surface area contributed by atoms with Crippen LogP contribution in [0, 0.1) is 6.92 Å². The van der Waals surface area contributed by atoms with E-state index in [-0.39, 0.29) is 34.0 Å². The van der Waals surface area contributed by atoms with Crippen LogP contribution in [-0.4, -0.2) is 52.0 Å². The van der Waals surface area contributed by atoms with Crippen molar-refractivity contribution in [2.24, 2.45) is 5.10 Å². The molecule has 9 nitrogen and oxygen atoms in total. The van der Waals surface area contributed by atoms with Crippen molar-refractivity contribution in [2.45, 2.75) is 43.4 Å². The van der Waals surface area contributed by atoms with Crippen LogP contribution < -0.4 is 10.2 Å². The van der Waals surface area contributed by atoms with E-state index in [1.54, 1.807) is 57.2 Å². The summed E-state index contributed by atoms with van der Waals surface area (Å²) in [6.45, 7) is 5.06. The van der Waals surface area contributed by atoms with Crippen molar-refractivity contribution >= 4 is 37.3 Å². The first-order valence-electron chi connectivity index (χ1n) is 11.1. The van der Waals surface area contributed by atoms with Gasteiger partial charge < -0.3 is 9.14 Å². The number of nitrogens with one attached hydrogen (secondary N) is 1. The zero-order chi connectivity index (χ0) is 25.8. The maximum atomic E-state index is 13.4. The molecule has 0 aliphatic rings. The molecule has 0 radical (unpaired) electrons. The molecule has 2 heterocycles. The molecule has 0 spiro atoms. The molecule has 188 valence electrons. The summed E-state index contributed by atoms with van der Waals surface area (Å²) >= 11 is 0. The monoisotopic (exact) mass is 519 g/mol. The molecule has 0 bridgehead atoms. The predicted molar refractivity (Wildman–Crippen MR) is 135 cm³/mol. The van der Waals surface area contributed by atoms with Crippen LogP contribution in [0.4, 0.5) is 0 Å². The minimum atomic E-state index is -4.11. The minimum Gasteiger partial charge on any atom is -0.497 e. The van der Waals surface area contributed by atoms with Crippen molar-refractivity contribution in [2.75, 3.05) is 18.6 Å². The summed E-state index contributed by atoms with van der Waals surface area (Å²) in [7, 11) is -6.59. The quantitative estimate of drug-likeness (QED) is 0.324. The molecule has 1 aromatic carbocycles. The Labute approximate surface area is 205 Å². The average molecular weight is 520 g/mol. The molecule has 35 heavy (non-hydrogen) atoms. The Bertz CT molecular complexity index is 1490. The summed E-state index contributed by atoms with van der Waals surface area (Å²) in [5, 5.41) is 3.96. The molecule has 3 rings (SSSR count). The molecule has 0 saturated carbocycles. The number of ether oxygens (including phenoxy) is 1. The van der Waals surface area contributed by atoms with Gasteiger partial charge in [-0.15, -0.1) is 0 Å². The normalized spacial score (nSPS) is 12.3. The topological polar surface area (TPSA) is 123 Å². The number of hydrogen-bond acceptors (Lipinski definition) is 7. The van der Waals surface area contributed by atoms with E-state index in [1.807, 2.05) is 0 Å². The molecule has 0 saturated heterocycles. The van der Waals surface area contributed by atoms with Crippen molar-refractivity contribution in [1.82, 2.24) is 9.83 Å². The molecule has 1 N–H and O–H groups in total. The molecule has 1 amide bonds. The van der Waals surface area contributed by atoms with Crippen LogP contribution in [0.15, 0.2) is 57.5 Å². The number of methoxy groups -OCH3 is 1. The van der Waals surface area contributed by atoms with E-state index >= 15 is 0 Å².